The van der Waals surface area contributed by atoms with Gasteiger partial charge in [0.15, 0.2) is 0 Å². The SMILES string of the molecule is CC.CNC.N#CC1CCN(C2CCNCC2)CC1. The molecule has 0 atom stereocenters. The van der Waals surface area contributed by atoms with Crippen molar-refractivity contribution in [2.45, 2.75) is 45.6 Å². The number of nitriles is 1. The van der Waals surface area contributed by atoms with Gasteiger partial charge in [-0.3, -0.25) is 0 Å². The molecule has 112 valence electrons. The second kappa shape index (κ2) is 12.4. The van der Waals surface area contributed by atoms with Crippen LogP contribution in [-0.2, 0) is 0 Å². The van der Waals surface area contributed by atoms with Crippen LogP contribution in [0.4, 0.5) is 0 Å². The van der Waals surface area contributed by atoms with Crippen molar-refractivity contribution >= 4 is 0 Å². The molecule has 0 amide bonds. The van der Waals surface area contributed by atoms with Crippen molar-refractivity contribution in [3.8, 4) is 6.07 Å². The van der Waals surface area contributed by atoms with Gasteiger partial charge in [0.05, 0.1) is 6.07 Å². The fourth-order valence-corrected chi connectivity index (χ4v) is 2.57. The van der Waals surface area contributed by atoms with Crippen LogP contribution in [0.15, 0.2) is 0 Å². The van der Waals surface area contributed by atoms with E-state index in [0.29, 0.717) is 5.92 Å². The summed E-state index contributed by atoms with van der Waals surface area (Å²) in [5, 5.41) is 15.0. The number of nitrogens with zero attached hydrogens (tertiary/aromatic N) is 2. The van der Waals surface area contributed by atoms with E-state index >= 15 is 0 Å². The first-order valence-corrected chi connectivity index (χ1v) is 7.74. The van der Waals surface area contributed by atoms with Gasteiger partial charge < -0.3 is 15.5 Å². The quantitative estimate of drug-likeness (QED) is 0.762. The first kappa shape index (κ1) is 18.4. The molecule has 0 saturated carbocycles. The first-order chi connectivity index (χ1) is 9.31. The van der Waals surface area contributed by atoms with Crippen molar-refractivity contribution in [3.05, 3.63) is 0 Å². The van der Waals surface area contributed by atoms with Crippen molar-refractivity contribution in [3.63, 3.8) is 0 Å². The van der Waals surface area contributed by atoms with Crippen molar-refractivity contribution < 1.29 is 0 Å². The lowest BCUT2D eigenvalue weighted by atomic mass is 9.95. The highest BCUT2D eigenvalue weighted by Gasteiger charge is 2.25. The van der Waals surface area contributed by atoms with Gasteiger partial charge in [-0.2, -0.15) is 5.26 Å². The molecule has 2 heterocycles. The number of nitrogens with one attached hydrogen (secondary N) is 2. The summed E-state index contributed by atoms with van der Waals surface area (Å²) < 4.78 is 0. The van der Waals surface area contributed by atoms with Gasteiger partial charge in [-0.25, -0.2) is 0 Å². The van der Waals surface area contributed by atoms with Crippen LogP contribution in [0.5, 0.6) is 0 Å². The standard InChI is InChI=1S/C11H19N3.C2H7N.C2H6/c12-9-10-3-7-14(8-4-10)11-1-5-13-6-2-11;1-3-2;1-2/h10-11,13H,1-8H2;3H,1-2H3;1-2H3. The zero-order valence-corrected chi connectivity index (χ0v) is 13.2. The molecule has 2 saturated heterocycles. The predicted molar refractivity (Wildman–Crippen MR) is 82.1 cm³/mol. The van der Waals surface area contributed by atoms with E-state index in [4.69, 9.17) is 5.26 Å². The van der Waals surface area contributed by atoms with Crippen molar-refractivity contribution in [1.29, 1.82) is 5.26 Å². The van der Waals surface area contributed by atoms with Crippen molar-refractivity contribution in [1.82, 2.24) is 15.5 Å². The molecule has 0 spiro atoms. The van der Waals surface area contributed by atoms with Crippen molar-refractivity contribution in [2.24, 2.45) is 5.92 Å². The zero-order valence-electron chi connectivity index (χ0n) is 13.2. The van der Waals surface area contributed by atoms with E-state index in [1.165, 1.54) is 25.9 Å². The Morgan fingerprint density at radius 1 is 1.05 bits per heavy atom. The van der Waals surface area contributed by atoms with Crippen LogP contribution in [0.1, 0.15) is 39.5 Å². The van der Waals surface area contributed by atoms with Gasteiger partial charge >= 0.3 is 0 Å². The van der Waals surface area contributed by atoms with E-state index in [2.05, 4.69) is 21.6 Å². The second-order valence-corrected chi connectivity index (χ2v) is 4.92. The molecular weight excluding hydrogens is 236 g/mol. The minimum absolute atomic E-state index is 0.327. The minimum Gasteiger partial charge on any atom is -0.323 e. The van der Waals surface area contributed by atoms with E-state index in [-0.39, 0.29) is 0 Å². The molecule has 2 aliphatic rings. The highest BCUT2D eigenvalue weighted by Crippen LogP contribution is 2.21. The Morgan fingerprint density at radius 2 is 1.53 bits per heavy atom. The molecule has 0 aromatic heterocycles. The monoisotopic (exact) mass is 268 g/mol. The molecule has 2 aliphatic heterocycles. The Bertz CT molecular complexity index is 223. The molecule has 0 aliphatic carbocycles. The maximum atomic E-state index is 8.81. The predicted octanol–water partition coefficient (Wildman–Crippen LogP) is 1.84. The van der Waals surface area contributed by atoms with Crippen LogP contribution in [-0.4, -0.2) is 51.2 Å². The molecular formula is C15H32N4. The van der Waals surface area contributed by atoms with E-state index in [9.17, 15) is 0 Å². The van der Waals surface area contributed by atoms with E-state index < -0.39 is 0 Å². The fourth-order valence-electron chi connectivity index (χ4n) is 2.57. The van der Waals surface area contributed by atoms with Gasteiger partial charge in [-0.05, 0) is 66.0 Å². The topological polar surface area (TPSA) is 51.1 Å². The summed E-state index contributed by atoms with van der Waals surface area (Å²) in [4.78, 5) is 2.59. The fraction of sp³-hybridized carbons (Fsp3) is 0.933. The van der Waals surface area contributed by atoms with Gasteiger partial charge in [0.1, 0.15) is 0 Å². The Labute approximate surface area is 119 Å². The third kappa shape index (κ3) is 7.51. The van der Waals surface area contributed by atoms with Crippen LogP contribution < -0.4 is 10.6 Å². The first-order valence-electron chi connectivity index (χ1n) is 7.74. The molecule has 0 aromatic carbocycles. The molecule has 0 unspecified atom stereocenters. The average molecular weight is 268 g/mol. The van der Waals surface area contributed by atoms with Crippen LogP contribution in [0, 0.1) is 17.2 Å². The number of piperidine rings is 2. The summed E-state index contributed by atoms with van der Waals surface area (Å²) in [6, 6.07) is 3.18. The molecule has 2 N–H and O–H groups in total. The zero-order chi connectivity index (χ0) is 14.5. The second-order valence-electron chi connectivity index (χ2n) is 4.92. The Kier molecular flexibility index (Phi) is 12.0. The van der Waals surface area contributed by atoms with Crippen LogP contribution in [0.2, 0.25) is 0 Å². The highest BCUT2D eigenvalue weighted by atomic mass is 15.2. The summed E-state index contributed by atoms with van der Waals surface area (Å²) in [5.74, 6) is 0.327. The smallest absolute Gasteiger partial charge is 0.0656 e. The Morgan fingerprint density at radius 3 is 1.95 bits per heavy atom. The number of likely N-dealkylation sites (tertiary alicyclic amines) is 1. The molecule has 4 heteroatoms. The van der Waals surface area contributed by atoms with E-state index in [1.807, 2.05) is 27.9 Å². The summed E-state index contributed by atoms with van der Waals surface area (Å²) in [5.41, 5.74) is 0. The van der Waals surface area contributed by atoms with Crippen LogP contribution >= 0.6 is 0 Å². The average Bonchev–Trinajstić information content (AvgIpc) is 2.51. The summed E-state index contributed by atoms with van der Waals surface area (Å²) in [7, 11) is 3.75. The van der Waals surface area contributed by atoms with Gasteiger partial charge in [0.25, 0.3) is 0 Å². The highest BCUT2D eigenvalue weighted by molar-refractivity contribution is 4.89. The van der Waals surface area contributed by atoms with Crippen LogP contribution in [0.25, 0.3) is 0 Å². The lowest BCUT2D eigenvalue weighted by Crippen LogP contribution is -2.46. The third-order valence-electron chi connectivity index (χ3n) is 3.54. The molecule has 0 radical (unpaired) electrons. The largest absolute Gasteiger partial charge is 0.323 e. The summed E-state index contributed by atoms with van der Waals surface area (Å²) in [6.07, 6.45) is 4.75. The maximum absolute atomic E-state index is 8.81. The number of rotatable bonds is 1. The molecule has 2 fully saturated rings. The summed E-state index contributed by atoms with van der Waals surface area (Å²) >= 11 is 0. The number of hydrogen-bond donors (Lipinski definition) is 2. The molecule has 19 heavy (non-hydrogen) atoms. The Hall–Kier alpha value is -0.630. The van der Waals surface area contributed by atoms with Crippen molar-refractivity contribution in [2.75, 3.05) is 40.3 Å². The maximum Gasteiger partial charge on any atom is 0.0656 e. The van der Waals surface area contributed by atoms with Gasteiger partial charge in [-0.15, -0.1) is 0 Å². The molecule has 4 nitrogen and oxygen atoms in total. The van der Waals surface area contributed by atoms with E-state index in [1.54, 1.807) is 0 Å². The van der Waals surface area contributed by atoms with Gasteiger partial charge in [0.2, 0.25) is 0 Å². The van der Waals surface area contributed by atoms with Gasteiger partial charge in [0, 0.05) is 12.0 Å². The lowest BCUT2D eigenvalue weighted by Gasteiger charge is -2.38. The Balaban J connectivity index is 0.000000573. The minimum atomic E-state index is 0.327. The number of hydrogen-bond acceptors (Lipinski definition) is 4. The third-order valence-corrected chi connectivity index (χ3v) is 3.54. The van der Waals surface area contributed by atoms with Crippen LogP contribution in [0.3, 0.4) is 0 Å². The molecule has 0 aromatic rings. The van der Waals surface area contributed by atoms with E-state index in [0.717, 1.165) is 32.0 Å². The molecule has 2 rings (SSSR count). The molecule has 0 bridgehead atoms. The normalized spacial score (nSPS) is 21.4. The summed E-state index contributed by atoms with van der Waals surface area (Å²) in [6.45, 7) is 8.62. The van der Waals surface area contributed by atoms with Gasteiger partial charge in [-0.1, -0.05) is 13.8 Å². The lowest BCUT2D eigenvalue weighted by molar-refractivity contribution is 0.123.